The summed E-state index contributed by atoms with van der Waals surface area (Å²) >= 11 is 0. The van der Waals surface area contributed by atoms with E-state index < -0.39 is 5.97 Å². The average Bonchev–Trinajstić information content (AvgIpc) is 2.37. The maximum Gasteiger partial charge on any atom is 0.351 e. The predicted molar refractivity (Wildman–Crippen MR) is 75.6 cm³/mol. The van der Waals surface area contributed by atoms with Gasteiger partial charge in [0.25, 0.3) is 0 Å². The van der Waals surface area contributed by atoms with Gasteiger partial charge in [-0.15, -0.1) is 0 Å². The van der Waals surface area contributed by atoms with E-state index in [1.54, 1.807) is 0 Å². The molecule has 0 amide bonds. The fourth-order valence-corrected chi connectivity index (χ4v) is 1.81. The summed E-state index contributed by atoms with van der Waals surface area (Å²) in [7, 11) is 0. The van der Waals surface area contributed by atoms with Gasteiger partial charge in [-0.05, 0) is 38.0 Å². The molecule has 0 unspecified atom stereocenters. The monoisotopic (exact) mass is 257 g/mol. The van der Waals surface area contributed by atoms with Crippen molar-refractivity contribution in [3.8, 4) is 0 Å². The Morgan fingerprint density at radius 1 is 1.32 bits per heavy atom. The van der Waals surface area contributed by atoms with Gasteiger partial charge in [0, 0.05) is 5.39 Å². The number of nitrogens with zero attached hydrogens (tertiary/aromatic N) is 2. The molecule has 0 aliphatic carbocycles. The van der Waals surface area contributed by atoms with Crippen molar-refractivity contribution in [1.82, 2.24) is 4.98 Å². The summed E-state index contributed by atoms with van der Waals surface area (Å²) < 4.78 is 0. The minimum Gasteiger partial charge on any atom is -0.477 e. The van der Waals surface area contributed by atoms with E-state index in [1.807, 2.05) is 38.1 Å². The summed E-state index contributed by atoms with van der Waals surface area (Å²) in [6.45, 7) is 5.40. The summed E-state index contributed by atoms with van der Waals surface area (Å²) in [5.41, 5.74) is 5.71. The number of anilines is 1. The van der Waals surface area contributed by atoms with Gasteiger partial charge in [0.15, 0.2) is 0 Å². The topological polar surface area (TPSA) is 74.6 Å². The first kappa shape index (κ1) is 13.0. The number of aromatic nitrogens is 1. The summed E-state index contributed by atoms with van der Waals surface area (Å²) in [6, 6.07) is 7.84. The Hall–Kier alpha value is -2.43. The van der Waals surface area contributed by atoms with Crippen LogP contribution in [-0.4, -0.2) is 21.8 Å². The highest BCUT2D eigenvalue weighted by molar-refractivity contribution is 6.34. The molecule has 0 fully saturated rings. The number of nitrogens with one attached hydrogen (secondary N) is 1. The van der Waals surface area contributed by atoms with Crippen LogP contribution >= 0.6 is 0 Å². The number of aryl methyl sites for hydroxylation is 2. The van der Waals surface area contributed by atoms with Crippen molar-refractivity contribution < 1.29 is 9.90 Å². The Morgan fingerprint density at radius 2 is 2.05 bits per heavy atom. The molecule has 98 valence electrons. The van der Waals surface area contributed by atoms with E-state index in [9.17, 15) is 4.79 Å². The first-order valence-electron chi connectivity index (χ1n) is 5.89. The molecule has 0 saturated carbocycles. The minimum absolute atomic E-state index is 0.00988. The van der Waals surface area contributed by atoms with Crippen LogP contribution in [0.1, 0.15) is 18.1 Å². The zero-order valence-corrected chi connectivity index (χ0v) is 11.1. The predicted octanol–water partition coefficient (Wildman–Crippen LogP) is 2.72. The van der Waals surface area contributed by atoms with Gasteiger partial charge in [0.1, 0.15) is 11.5 Å². The summed E-state index contributed by atoms with van der Waals surface area (Å²) in [5.74, 6) is -0.513. The molecule has 0 atom stereocenters. The lowest BCUT2D eigenvalue weighted by atomic mass is 10.1. The number of carboxylic acid groups (broad SMARTS) is 1. The van der Waals surface area contributed by atoms with Crippen LogP contribution in [0.5, 0.6) is 0 Å². The summed E-state index contributed by atoms with van der Waals surface area (Å²) in [4.78, 5) is 15.1. The molecular formula is C14H15N3O2. The lowest BCUT2D eigenvalue weighted by Gasteiger charge is -2.08. The van der Waals surface area contributed by atoms with Crippen molar-refractivity contribution in [1.29, 1.82) is 0 Å². The average molecular weight is 257 g/mol. The van der Waals surface area contributed by atoms with E-state index in [1.165, 1.54) is 6.92 Å². The van der Waals surface area contributed by atoms with Gasteiger partial charge in [0.05, 0.1) is 5.52 Å². The van der Waals surface area contributed by atoms with E-state index in [4.69, 9.17) is 5.11 Å². The number of fused-ring (bicyclic) bond motifs is 1. The molecule has 19 heavy (non-hydrogen) atoms. The van der Waals surface area contributed by atoms with Crippen molar-refractivity contribution in [2.24, 2.45) is 5.10 Å². The number of benzene rings is 1. The molecule has 0 bridgehead atoms. The third-order valence-electron chi connectivity index (χ3n) is 2.90. The normalized spacial score (nSPS) is 11.6. The fraction of sp³-hybridized carbons (Fsp3) is 0.214. The number of hydrazone groups is 1. The first-order chi connectivity index (χ1) is 8.99. The van der Waals surface area contributed by atoms with Crippen LogP contribution in [0.3, 0.4) is 0 Å². The second-order valence-corrected chi connectivity index (χ2v) is 4.41. The van der Waals surface area contributed by atoms with Gasteiger partial charge in [-0.1, -0.05) is 18.2 Å². The Balaban J connectivity index is 2.44. The Bertz CT molecular complexity index is 678. The summed E-state index contributed by atoms with van der Waals surface area (Å²) in [6.07, 6.45) is 0. The van der Waals surface area contributed by atoms with E-state index in [0.717, 1.165) is 22.0 Å². The number of hydrogen-bond acceptors (Lipinski definition) is 4. The van der Waals surface area contributed by atoms with Crippen molar-refractivity contribution >= 4 is 28.4 Å². The molecule has 0 aliphatic heterocycles. The second-order valence-electron chi connectivity index (χ2n) is 4.41. The van der Waals surface area contributed by atoms with Crippen molar-refractivity contribution in [2.75, 3.05) is 5.43 Å². The quantitative estimate of drug-likeness (QED) is 0.655. The molecule has 5 heteroatoms. The van der Waals surface area contributed by atoms with Crippen LogP contribution in [0, 0.1) is 13.8 Å². The number of aliphatic carboxylic acids is 1. The van der Waals surface area contributed by atoms with Crippen LogP contribution in [-0.2, 0) is 4.79 Å². The minimum atomic E-state index is -1.05. The first-order valence-corrected chi connectivity index (χ1v) is 5.89. The molecule has 1 aromatic carbocycles. The molecule has 0 radical (unpaired) electrons. The number of para-hydroxylation sites is 1. The lowest BCUT2D eigenvalue weighted by Crippen LogP contribution is -2.10. The number of carboxylic acids is 1. The molecule has 0 aliphatic rings. The lowest BCUT2D eigenvalue weighted by molar-refractivity contribution is -0.129. The van der Waals surface area contributed by atoms with E-state index >= 15 is 0 Å². The molecular weight excluding hydrogens is 242 g/mol. The standard InChI is InChI=1S/C14H15N3O2/c1-8-5-4-6-11-9(2)7-12(15-13(8)11)17-16-10(3)14(18)19/h4-7H,1-3H3,(H,15,17)(H,18,19)/b16-10+. The molecule has 1 heterocycles. The fourth-order valence-electron chi connectivity index (χ4n) is 1.81. The highest BCUT2D eigenvalue weighted by atomic mass is 16.4. The van der Waals surface area contributed by atoms with Crippen molar-refractivity contribution in [3.05, 3.63) is 35.4 Å². The van der Waals surface area contributed by atoms with Gasteiger partial charge in [0.2, 0.25) is 0 Å². The Kier molecular flexibility index (Phi) is 3.46. The molecule has 0 saturated heterocycles. The third-order valence-corrected chi connectivity index (χ3v) is 2.90. The van der Waals surface area contributed by atoms with Gasteiger partial charge in [-0.25, -0.2) is 9.78 Å². The van der Waals surface area contributed by atoms with Crippen molar-refractivity contribution in [2.45, 2.75) is 20.8 Å². The number of carbonyl (C=O) groups is 1. The molecule has 2 rings (SSSR count). The van der Waals surface area contributed by atoms with Crippen LogP contribution < -0.4 is 5.43 Å². The highest BCUT2D eigenvalue weighted by Gasteiger charge is 2.05. The largest absolute Gasteiger partial charge is 0.477 e. The van der Waals surface area contributed by atoms with Crippen LogP contribution in [0.4, 0.5) is 5.82 Å². The van der Waals surface area contributed by atoms with Crippen LogP contribution in [0.15, 0.2) is 29.4 Å². The zero-order valence-electron chi connectivity index (χ0n) is 11.1. The van der Waals surface area contributed by atoms with Crippen LogP contribution in [0.2, 0.25) is 0 Å². The van der Waals surface area contributed by atoms with Crippen molar-refractivity contribution in [3.63, 3.8) is 0 Å². The molecule has 5 nitrogen and oxygen atoms in total. The van der Waals surface area contributed by atoms with E-state index in [2.05, 4.69) is 15.5 Å². The number of hydrogen-bond donors (Lipinski definition) is 2. The van der Waals surface area contributed by atoms with Gasteiger partial charge >= 0.3 is 5.97 Å². The number of rotatable bonds is 3. The van der Waals surface area contributed by atoms with E-state index in [0.29, 0.717) is 5.82 Å². The Morgan fingerprint density at radius 3 is 2.74 bits per heavy atom. The van der Waals surface area contributed by atoms with Gasteiger partial charge in [-0.2, -0.15) is 5.10 Å². The van der Waals surface area contributed by atoms with E-state index in [-0.39, 0.29) is 5.71 Å². The Labute approximate surface area is 111 Å². The molecule has 1 aromatic heterocycles. The zero-order chi connectivity index (χ0) is 14.0. The summed E-state index contributed by atoms with van der Waals surface area (Å²) in [5, 5.41) is 13.6. The maximum atomic E-state index is 10.7. The maximum absolute atomic E-state index is 10.7. The smallest absolute Gasteiger partial charge is 0.351 e. The number of pyridine rings is 1. The van der Waals surface area contributed by atoms with Gasteiger partial charge < -0.3 is 5.11 Å². The third kappa shape index (κ3) is 2.70. The SMILES string of the molecule is C/C(=N\Nc1cc(C)c2cccc(C)c2n1)C(=O)O. The molecule has 2 N–H and O–H groups in total. The van der Waals surface area contributed by atoms with Crippen LogP contribution in [0.25, 0.3) is 10.9 Å². The molecule has 2 aromatic rings. The highest BCUT2D eigenvalue weighted by Crippen LogP contribution is 2.22. The van der Waals surface area contributed by atoms with Gasteiger partial charge in [-0.3, -0.25) is 5.43 Å². The second kappa shape index (κ2) is 5.06. The molecule has 0 spiro atoms.